The Labute approximate surface area is 38.4 Å². The van der Waals surface area contributed by atoms with Crippen molar-refractivity contribution in [2.45, 2.75) is 6.92 Å². The van der Waals surface area contributed by atoms with E-state index in [1.54, 1.807) is 12.3 Å². The second-order valence-corrected chi connectivity index (χ2v) is 1.25. The van der Waals surface area contributed by atoms with Crippen LogP contribution in [0, 0.1) is 6.92 Å². The molecule has 1 heterocycles. The minimum atomic E-state index is 0.583. The molecule has 0 fully saturated rings. The highest BCUT2D eigenvalue weighted by Gasteiger charge is 1.72. The summed E-state index contributed by atoms with van der Waals surface area (Å²) in [5, 5.41) is 0. The van der Waals surface area contributed by atoms with Crippen LogP contribution in [-0.2, 0) is 0 Å². The summed E-state index contributed by atoms with van der Waals surface area (Å²) >= 11 is 0. The highest BCUT2D eigenvalue weighted by atomic mass is 14.7. The molecule has 0 spiro atoms. The molecule has 0 saturated carbocycles. The summed E-state index contributed by atoms with van der Waals surface area (Å²) in [6, 6.07) is 2.31. The fourth-order valence-corrected chi connectivity index (χ4v) is 0.375. The quantitative estimate of drug-likeness (QED) is 0.486. The van der Waals surface area contributed by atoms with Gasteiger partial charge in [0.15, 0.2) is 0 Å². The maximum absolute atomic E-state index is 7.07. The summed E-state index contributed by atoms with van der Waals surface area (Å²) in [6.07, 6.45) is 1.76. The maximum Gasteiger partial charge on any atom is 0.0642 e. The zero-order valence-electron chi connectivity index (χ0n) is 4.65. The highest BCUT2D eigenvalue weighted by Crippen LogP contribution is 1.86. The molecule has 0 atom stereocenters. The van der Waals surface area contributed by atoms with Crippen molar-refractivity contribution in [1.82, 2.24) is 4.98 Å². The van der Waals surface area contributed by atoms with Gasteiger partial charge in [0.05, 0.1) is 1.37 Å². The predicted octanol–water partition coefficient (Wildman–Crippen LogP) is 1.32. The van der Waals surface area contributed by atoms with E-state index in [2.05, 4.69) is 4.98 Å². The van der Waals surface area contributed by atoms with Crippen molar-refractivity contribution in [2.75, 3.05) is 0 Å². The minimum Gasteiger partial charge on any atom is -0.365 e. The number of aryl methyl sites for hydroxylation is 1. The molecule has 0 radical (unpaired) electrons. The zero-order valence-corrected chi connectivity index (χ0v) is 3.65. The first-order chi connectivity index (χ1) is 3.30. The number of H-pyrrole nitrogens is 1. The lowest BCUT2D eigenvalue weighted by Crippen LogP contribution is -1.59. The third kappa shape index (κ3) is 0.432. The van der Waals surface area contributed by atoms with Crippen molar-refractivity contribution in [2.24, 2.45) is 0 Å². The van der Waals surface area contributed by atoms with Crippen LogP contribution in [0.5, 0.6) is 0 Å². The Hall–Kier alpha value is -0.720. The van der Waals surface area contributed by atoms with Crippen LogP contribution in [0.3, 0.4) is 0 Å². The summed E-state index contributed by atoms with van der Waals surface area (Å²) in [6.45, 7) is 1.88. The monoisotopic (exact) mass is 82.1 g/mol. The summed E-state index contributed by atoms with van der Waals surface area (Å²) in [5.41, 5.74) is 0.931. The van der Waals surface area contributed by atoms with E-state index in [0.717, 1.165) is 5.69 Å². The molecule has 1 rings (SSSR count). The fourth-order valence-electron chi connectivity index (χ4n) is 0.375. The van der Waals surface area contributed by atoms with E-state index in [4.69, 9.17) is 1.37 Å². The van der Waals surface area contributed by atoms with Gasteiger partial charge in [-0.05, 0) is 19.0 Å². The van der Waals surface area contributed by atoms with Gasteiger partial charge in [0.1, 0.15) is 0 Å². The lowest BCUT2D eigenvalue weighted by Gasteiger charge is -1.70. The maximum atomic E-state index is 7.07. The standard InChI is InChI=1S/C5H7N/c1-5-3-2-4-6-5/h2-4,6H,1H3/i3D. The molecule has 1 N–H and O–H groups in total. The van der Waals surface area contributed by atoms with Gasteiger partial charge in [-0.25, -0.2) is 0 Å². The predicted molar refractivity (Wildman–Crippen MR) is 25.5 cm³/mol. The molecule has 0 aliphatic heterocycles. The van der Waals surface area contributed by atoms with E-state index in [9.17, 15) is 0 Å². The minimum absolute atomic E-state index is 0.583. The van der Waals surface area contributed by atoms with Crippen LogP contribution in [0.1, 0.15) is 7.06 Å². The van der Waals surface area contributed by atoms with E-state index in [0.29, 0.717) is 6.04 Å². The Balaban J connectivity index is 3.12. The molecular weight excluding hydrogens is 74.1 g/mol. The van der Waals surface area contributed by atoms with Gasteiger partial charge >= 0.3 is 0 Å². The van der Waals surface area contributed by atoms with Crippen molar-refractivity contribution in [1.29, 1.82) is 0 Å². The molecule has 0 aliphatic rings. The number of aromatic nitrogens is 1. The summed E-state index contributed by atoms with van der Waals surface area (Å²) in [5.74, 6) is 0. The number of aromatic amines is 1. The fraction of sp³-hybridized carbons (Fsp3) is 0.200. The first kappa shape index (κ1) is 2.45. The zero-order chi connectivity index (χ0) is 5.28. The Morgan fingerprint density at radius 1 is 2.00 bits per heavy atom. The molecule has 0 unspecified atom stereocenters. The first-order valence-corrected chi connectivity index (χ1v) is 1.91. The average Bonchev–Trinajstić information content (AvgIpc) is 1.91. The van der Waals surface area contributed by atoms with Crippen LogP contribution in [0.25, 0.3) is 0 Å². The van der Waals surface area contributed by atoms with Gasteiger partial charge in [0.25, 0.3) is 0 Å². The molecule has 0 aliphatic carbocycles. The Morgan fingerprint density at radius 3 is 3.00 bits per heavy atom. The van der Waals surface area contributed by atoms with Crippen LogP contribution in [0.2, 0.25) is 0 Å². The molecule has 0 bridgehead atoms. The molecule has 6 heavy (non-hydrogen) atoms. The molecule has 0 amide bonds. The molecular formula is C5H7N. The van der Waals surface area contributed by atoms with Crippen molar-refractivity contribution >= 4 is 0 Å². The first-order valence-electron chi connectivity index (χ1n) is 2.41. The molecule has 1 nitrogen and oxygen atoms in total. The van der Waals surface area contributed by atoms with E-state index >= 15 is 0 Å². The number of hydrogen-bond donors (Lipinski definition) is 1. The van der Waals surface area contributed by atoms with Crippen molar-refractivity contribution < 1.29 is 1.37 Å². The van der Waals surface area contributed by atoms with E-state index in [1.165, 1.54) is 0 Å². The molecule has 1 aromatic rings. The molecule has 32 valence electrons. The van der Waals surface area contributed by atoms with Crippen LogP contribution in [0.15, 0.2) is 18.3 Å². The van der Waals surface area contributed by atoms with Crippen LogP contribution >= 0.6 is 0 Å². The average molecular weight is 82.1 g/mol. The lowest BCUT2D eigenvalue weighted by molar-refractivity contribution is 1.27. The van der Waals surface area contributed by atoms with Crippen LogP contribution in [0.4, 0.5) is 0 Å². The van der Waals surface area contributed by atoms with Gasteiger partial charge in [-0.3, -0.25) is 0 Å². The second kappa shape index (κ2) is 1.17. The third-order valence-corrected chi connectivity index (χ3v) is 0.683. The van der Waals surface area contributed by atoms with Gasteiger partial charge in [0.2, 0.25) is 0 Å². The Morgan fingerprint density at radius 2 is 2.83 bits per heavy atom. The van der Waals surface area contributed by atoms with Gasteiger partial charge < -0.3 is 4.98 Å². The number of hydrogen-bond acceptors (Lipinski definition) is 0. The Bertz CT molecular complexity index is 140. The van der Waals surface area contributed by atoms with Gasteiger partial charge in [-0.2, -0.15) is 0 Å². The number of nitrogens with one attached hydrogen (secondary N) is 1. The lowest BCUT2D eigenvalue weighted by atomic mass is 10.5. The topological polar surface area (TPSA) is 15.8 Å². The largest absolute Gasteiger partial charge is 0.365 e. The molecule has 0 aromatic carbocycles. The third-order valence-electron chi connectivity index (χ3n) is 0.683. The van der Waals surface area contributed by atoms with Gasteiger partial charge in [0, 0.05) is 11.9 Å². The van der Waals surface area contributed by atoms with Gasteiger partial charge in [-0.15, -0.1) is 0 Å². The SMILES string of the molecule is [2H]c1cc[nH]c1C. The molecule has 1 heteroatoms. The van der Waals surface area contributed by atoms with Gasteiger partial charge in [-0.1, -0.05) is 0 Å². The van der Waals surface area contributed by atoms with Crippen molar-refractivity contribution in [3.8, 4) is 0 Å². The van der Waals surface area contributed by atoms with Crippen molar-refractivity contribution in [3.63, 3.8) is 0 Å². The summed E-state index contributed by atoms with van der Waals surface area (Å²) in [4.78, 5) is 2.88. The van der Waals surface area contributed by atoms with Crippen LogP contribution in [-0.4, -0.2) is 4.98 Å². The molecule has 0 saturated heterocycles. The normalized spacial score (nSPS) is 11.2. The summed E-state index contributed by atoms with van der Waals surface area (Å²) in [7, 11) is 0. The van der Waals surface area contributed by atoms with Crippen molar-refractivity contribution in [3.05, 3.63) is 24.0 Å². The van der Waals surface area contributed by atoms with Crippen LogP contribution < -0.4 is 0 Å². The van der Waals surface area contributed by atoms with E-state index < -0.39 is 0 Å². The Kier molecular flexibility index (Phi) is 0.477. The van der Waals surface area contributed by atoms with E-state index in [1.807, 2.05) is 6.92 Å². The van der Waals surface area contributed by atoms with E-state index in [-0.39, 0.29) is 0 Å². The smallest absolute Gasteiger partial charge is 0.0642 e. The molecule has 1 aromatic heterocycles. The number of rotatable bonds is 0. The second-order valence-electron chi connectivity index (χ2n) is 1.25. The highest BCUT2D eigenvalue weighted by molar-refractivity contribution is 4.99. The summed E-state index contributed by atoms with van der Waals surface area (Å²) < 4.78 is 7.07.